The topological polar surface area (TPSA) is 55.8 Å². The van der Waals surface area contributed by atoms with Crippen molar-refractivity contribution in [1.82, 2.24) is 0 Å². The number of rotatable bonds is 5. The smallest absolute Gasteiger partial charge is 0.365 e. The number of carbonyl (C=O) groups excluding carboxylic acids is 1. The van der Waals surface area contributed by atoms with Gasteiger partial charge in [0.25, 0.3) is 0 Å². The van der Waals surface area contributed by atoms with Gasteiger partial charge in [0.15, 0.2) is 0 Å². The van der Waals surface area contributed by atoms with Gasteiger partial charge < -0.3 is 5.11 Å². The van der Waals surface area contributed by atoms with Crippen molar-refractivity contribution < 1.29 is 19.7 Å². The molecule has 0 unspecified atom stereocenters. The first-order valence-corrected chi connectivity index (χ1v) is 3.58. The molecule has 4 nitrogen and oxygen atoms in total. The molecular formula is C8H14O4. The lowest BCUT2D eigenvalue weighted by Crippen LogP contribution is -2.24. The van der Waals surface area contributed by atoms with Gasteiger partial charge in [-0.1, -0.05) is 20.4 Å². The van der Waals surface area contributed by atoms with Gasteiger partial charge in [0.05, 0.1) is 6.61 Å². The fourth-order valence-corrected chi connectivity index (χ4v) is 0.327. The fraction of sp³-hybridized carbons (Fsp3) is 0.625. The van der Waals surface area contributed by atoms with Gasteiger partial charge in [0.2, 0.25) is 0 Å². The molecule has 0 aromatic carbocycles. The van der Waals surface area contributed by atoms with Crippen LogP contribution in [0.3, 0.4) is 0 Å². The summed E-state index contributed by atoms with van der Waals surface area (Å²) in [5.74, 6) is -0.635. The highest BCUT2D eigenvalue weighted by molar-refractivity contribution is 5.80. The van der Waals surface area contributed by atoms with E-state index in [-0.39, 0.29) is 13.2 Å². The zero-order valence-corrected chi connectivity index (χ0v) is 7.37. The van der Waals surface area contributed by atoms with E-state index in [4.69, 9.17) is 5.11 Å². The molecule has 0 aromatic rings. The lowest BCUT2D eigenvalue weighted by atomic mass is 9.97. The van der Waals surface area contributed by atoms with Crippen molar-refractivity contribution in [2.24, 2.45) is 5.41 Å². The molecule has 0 saturated carbocycles. The average molecular weight is 174 g/mol. The zero-order valence-electron chi connectivity index (χ0n) is 7.37. The maximum atomic E-state index is 10.5. The second-order valence-electron chi connectivity index (χ2n) is 3.19. The highest BCUT2D eigenvalue weighted by Crippen LogP contribution is 2.13. The molecule has 0 amide bonds. The third-order valence-corrected chi connectivity index (χ3v) is 1.19. The molecule has 1 N–H and O–H groups in total. The van der Waals surface area contributed by atoms with Crippen LogP contribution in [0.1, 0.15) is 13.8 Å². The molecule has 0 atom stereocenters. The molecule has 4 heteroatoms. The van der Waals surface area contributed by atoms with E-state index in [1.807, 2.05) is 0 Å². The van der Waals surface area contributed by atoms with Gasteiger partial charge in [-0.15, -0.1) is 0 Å². The Labute approximate surface area is 71.7 Å². The van der Waals surface area contributed by atoms with Crippen molar-refractivity contribution in [2.45, 2.75) is 13.8 Å². The number of aliphatic hydroxyl groups is 1. The van der Waals surface area contributed by atoms with Crippen LogP contribution in [-0.4, -0.2) is 24.3 Å². The van der Waals surface area contributed by atoms with Crippen molar-refractivity contribution in [3.63, 3.8) is 0 Å². The average Bonchev–Trinajstić information content (AvgIpc) is 2.04. The Bertz CT molecular complexity index is 162. The van der Waals surface area contributed by atoms with Crippen LogP contribution in [0.25, 0.3) is 0 Å². The van der Waals surface area contributed by atoms with Crippen LogP contribution in [-0.2, 0) is 14.6 Å². The summed E-state index contributed by atoms with van der Waals surface area (Å²) in [5, 5.41) is 8.78. The highest BCUT2D eigenvalue weighted by atomic mass is 17.2. The standard InChI is InChI=1S/C8H14O4/c1-4-7(10)12-11-6-8(2,3)5-9/h4,9H,1,5-6H2,2-3H3. The summed E-state index contributed by atoms with van der Waals surface area (Å²) in [6, 6.07) is 0. The van der Waals surface area contributed by atoms with E-state index >= 15 is 0 Å². The minimum Gasteiger partial charge on any atom is -0.396 e. The Hall–Kier alpha value is -0.870. The lowest BCUT2D eigenvalue weighted by Gasteiger charge is -2.19. The van der Waals surface area contributed by atoms with Gasteiger partial charge in [0, 0.05) is 11.5 Å². The van der Waals surface area contributed by atoms with E-state index in [1.54, 1.807) is 13.8 Å². The molecule has 70 valence electrons. The predicted octanol–water partition coefficient (Wildman–Crippen LogP) is 0.666. The maximum Gasteiger partial charge on any atom is 0.365 e. The first-order chi connectivity index (χ1) is 5.52. The highest BCUT2D eigenvalue weighted by Gasteiger charge is 2.17. The second-order valence-corrected chi connectivity index (χ2v) is 3.19. The molecule has 0 bridgehead atoms. The summed E-state index contributed by atoms with van der Waals surface area (Å²) in [4.78, 5) is 19.3. The van der Waals surface area contributed by atoms with Gasteiger partial charge in [-0.25, -0.2) is 4.79 Å². The second kappa shape index (κ2) is 4.90. The molecule has 0 radical (unpaired) electrons. The largest absolute Gasteiger partial charge is 0.396 e. The number of hydrogen-bond donors (Lipinski definition) is 1. The minimum absolute atomic E-state index is 0.0291. The molecule has 0 saturated heterocycles. The Morgan fingerprint density at radius 3 is 2.67 bits per heavy atom. The molecule has 0 aliphatic rings. The van der Waals surface area contributed by atoms with Crippen LogP contribution >= 0.6 is 0 Å². The molecule has 0 rings (SSSR count). The van der Waals surface area contributed by atoms with Crippen LogP contribution < -0.4 is 0 Å². The zero-order chi connectivity index (χ0) is 9.61. The van der Waals surface area contributed by atoms with Crippen LogP contribution in [0.2, 0.25) is 0 Å². The Balaban J connectivity index is 3.56. The predicted molar refractivity (Wildman–Crippen MR) is 43.1 cm³/mol. The Morgan fingerprint density at radius 1 is 1.67 bits per heavy atom. The van der Waals surface area contributed by atoms with Crippen molar-refractivity contribution in [2.75, 3.05) is 13.2 Å². The van der Waals surface area contributed by atoms with Crippen LogP contribution in [0.15, 0.2) is 12.7 Å². The number of carbonyl (C=O) groups is 1. The van der Waals surface area contributed by atoms with Gasteiger partial charge in [-0.3, -0.25) is 4.89 Å². The fourth-order valence-electron chi connectivity index (χ4n) is 0.327. The van der Waals surface area contributed by atoms with Crippen LogP contribution in [0.4, 0.5) is 0 Å². The summed E-state index contributed by atoms with van der Waals surface area (Å²) in [6.07, 6.45) is 1.01. The van der Waals surface area contributed by atoms with Crippen molar-refractivity contribution in [3.8, 4) is 0 Å². The number of hydrogen-bond acceptors (Lipinski definition) is 4. The van der Waals surface area contributed by atoms with Crippen LogP contribution in [0.5, 0.6) is 0 Å². The molecule has 12 heavy (non-hydrogen) atoms. The summed E-state index contributed by atoms with van der Waals surface area (Å²) < 4.78 is 0. The molecule has 0 aliphatic carbocycles. The molecule has 0 heterocycles. The summed E-state index contributed by atoms with van der Waals surface area (Å²) in [7, 11) is 0. The molecule has 0 spiro atoms. The van der Waals surface area contributed by atoms with E-state index in [0.717, 1.165) is 6.08 Å². The summed E-state index contributed by atoms with van der Waals surface area (Å²) in [6.45, 7) is 6.89. The van der Waals surface area contributed by atoms with Crippen molar-refractivity contribution in [3.05, 3.63) is 12.7 Å². The molecular weight excluding hydrogens is 160 g/mol. The third-order valence-electron chi connectivity index (χ3n) is 1.19. The van der Waals surface area contributed by atoms with E-state index in [0.29, 0.717) is 0 Å². The van der Waals surface area contributed by atoms with Gasteiger partial charge in [-0.05, 0) is 0 Å². The quantitative estimate of drug-likeness (QED) is 0.378. The maximum absolute atomic E-state index is 10.5. The summed E-state index contributed by atoms with van der Waals surface area (Å²) in [5.41, 5.74) is -0.401. The van der Waals surface area contributed by atoms with Crippen molar-refractivity contribution in [1.29, 1.82) is 0 Å². The third kappa shape index (κ3) is 4.87. The normalized spacial score (nSPS) is 10.9. The molecule has 0 fully saturated rings. The van der Waals surface area contributed by atoms with Crippen LogP contribution in [0, 0.1) is 5.41 Å². The van der Waals surface area contributed by atoms with E-state index in [9.17, 15) is 4.79 Å². The summed E-state index contributed by atoms with van der Waals surface area (Å²) >= 11 is 0. The minimum atomic E-state index is -0.635. The van der Waals surface area contributed by atoms with Gasteiger partial charge in [0.1, 0.15) is 6.61 Å². The lowest BCUT2D eigenvalue weighted by molar-refractivity contribution is -0.280. The van der Waals surface area contributed by atoms with E-state index in [2.05, 4.69) is 16.4 Å². The molecule has 0 aromatic heterocycles. The van der Waals surface area contributed by atoms with Gasteiger partial charge in [-0.2, -0.15) is 4.89 Å². The Morgan fingerprint density at radius 2 is 2.25 bits per heavy atom. The van der Waals surface area contributed by atoms with Gasteiger partial charge >= 0.3 is 5.97 Å². The number of aliphatic hydroxyl groups excluding tert-OH is 1. The first-order valence-electron chi connectivity index (χ1n) is 3.58. The molecule has 0 aliphatic heterocycles. The van der Waals surface area contributed by atoms with E-state index in [1.165, 1.54) is 0 Å². The van der Waals surface area contributed by atoms with E-state index < -0.39 is 11.4 Å². The monoisotopic (exact) mass is 174 g/mol. The van der Waals surface area contributed by atoms with Crippen molar-refractivity contribution >= 4 is 5.97 Å². The Kier molecular flexibility index (Phi) is 4.54. The SMILES string of the molecule is C=CC(=O)OOCC(C)(C)CO. The first kappa shape index (κ1) is 11.1.